The number of carbonyl (C=O) groups excluding carboxylic acids is 1. The van der Waals surface area contributed by atoms with E-state index in [2.05, 4.69) is 27.6 Å². The number of nitrogens with zero attached hydrogens (tertiary/aromatic N) is 2. The Morgan fingerprint density at radius 1 is 1.25 bits per heavy atom. The quantitative estimate of drug-likeness (QED) is 0.243. The Morgan fingerprint density at radius 2 is 1.93 bits per heavy atom. The molecular formula is C27H23ClF3IN2O5S. The predicted octanol–water partition coefficient (Wildman–Crippen LogP) is 5.39. The molecule has 0 amide bonds. The van der Waals surface area contributed by atoms with Crippen LogP contribution in [-0.4, -0.2) is 36.5 Å². The molecule has 2 aromatic carbocycles. The van der Waals surface area contributed by atoms with E-state index in [0.717, 1.165) is 15.9 Å². The molecule has 40 heavy (non-hydrogen) atoms. The maximum Gasteiger partial charge on any atom is 0.434 e. The van der Waals surface area contributed by atoms with Crippen LogP contribution in [-0.2, 0) is 9.53 Å². The third kappa shape index (κ3) is 6.08. The number of benzene rings is 2. The van der Waals surface area contributed by atoms with Crippen LogP contribution in [0.1, 0.15) is 37.9 Å². The Kier molecular flexibility index (Phi) is 9.00. The maximum atomic E-state index is 14.3. The van der Waals surface area contributed by atoms with Crippen LogP contribution in [0.25, 0.3) is 6.08 Å². The molecule has 1 aliphatic heterocycles. The molecule has 3 aromatic rings. The highest BCUT2D eigenvalue weighted by atomic mass is 127. The van der Waals surface area contributed by atoms with Gasteiger partial charge >= 0.3 is 12.1 Å². The number of esters is 1. The Morgan fingerprint density at radius 3 is 2.50 bits per heavy atom. The van der Waals surface area contributed by atoms with Crippen molar-refractivity contribution in [1.82, 2.24) is 4.57 Å². The fourth-order valence-electron chi connectivity index (χ4n) is 4.13. The molecule has 7 nitrogen and oxygen atoms in total. The molecule has 1 atom stereocenters. The number of carbonyl (C=O) groups is 1. The topological polar surface area (TPSA) is 79.1 Å². The average Bonchev–Trinajstić information content (AvgIpc) is 3.19. The van der Waals surface area contributed by atoms with Gasteiger partial charge in [-0.1, -0.05) is 35.1 Å². The van der Waals surface area contributed by atoms with Gasteiger partial charge in [0.15, 0.2) is 22.0 Å². The molecule has 0 unspecified atom stereocenters. The number of allylic oxidation sites excluding steroid dienone is 1. The van der Waals surface area contributed by atoms with Gasteiger partial charge in [0.1, 0.15) is 0 Å². The summed E-state index contributed by atoms with van der Waals surface area (Å²) in [6.07, 6.45) is -3.56. The van der Waals surface area contributed by atoms with Crippen LogP contribution in [0.5, 0.6) is 11.5 Å². The zero-order chi connectivity index (χ0) is 29.4. The summed E-state index contributed by atoms with van der Waals surface area (Å²) >= 11 is 8.87. The molecule has 0 radical (unpaired) electrons. The van der Waals surface area contributed by atoms with Crippen LogP contribution in [0.2, 0.25) is 5.02 Å². The average molecular weight is 707 g/mol. The second-order valence-electron chi connectivity index (χ2n) is 8.82. The van der Waals surface area contributed by atoms with E-state index in [1.54, 1.807) is 12.1 Å². The van der Waals surface area contributed by atoms with Crippen molar-refractivity contribution >= 4 is 57.6 Å². The zero-order valence-corrected chi connectivity index (χ0v) is 25.4. The number of alkyl halides is 3. The summed E-state index contributed by atoms with van der Waals surface area (Å²) in [4.78, 5) is 30.2. The fraction of sp³-hybridized carbons (Fsp3) is 0.296. The number of ether oxygens (including phenoxy) is 3. The summed E-state index contributed by atoms with van der Waals surface area (Å²) in [5.41, 5.74) is -2.01. The smallest absolute Gasteiger partial charge is 0.434 e. The predicted molar refractivity (Wildman–Crippen MR) is 154 cm³/mol. The number of rotatable bonds is 7. The normalized spacial score (nSPS) is 15.7. The lowest BCUT2D eigenvalue weighted by molar-refractivity contribution is -0.140. The minimum atomic E-state index is -4.99. The molecule has 0 aliphatic carbocycles. The van der Waals surface area contributed by atoms with Gasteiger partial charge in [-0.2, -0.15) is 13.2 Å². The molecule has 0 spiro atoms. The maximum absolute atomic E-state index is 14.3. The first-order chi connectivity index (χ1) is 18.8. The van der Waals surface area contributed by atoms with Crippen LogP contribution in [0.3, 0.4) is 0 Å². The van der Waals surface area contributed by atoms with Crippen LogP contribution in [0.4, 0.5) is 13.2 Å². The Labute approximate surface area is 249 Å². The highest BCUT2D eigenvalue weighted by Crippen LogP contribution is 2.39. The van der Waals surface area contributed by atoms with Crippen molar-refractivity contribution in [2.75, 3.05) is 13.7 Å². The Balaban J connectivity index is 2.00. The van der Waals surface area contributed by atoms with Gasteiger partial charge in [-0.05, 0) is 84.8 Å². The Hall–Kier alpha value is -2.84. The number of hydrogen-bond acceptors (Lipinski definition) is 7. The first-order valence-electron chi connectivity index (χ1n) is 12.0. The molecule has 13 heteroatoms. The third-order valence-corrected chi connectivity index (χ3v) is 7.72. The number of aromatic nitrogens is 1. The molecule has 1 aromatic heterocycles. The van der Waals surface area contributed by atoms with E-state index in [0.29, 0.717) is 25.7 Å². The van der Waals surface area contributed by atoms with Gasteiger partial charge in [0.25, 0.3) is 5.56 Å². The fourth-order valence-corrected chi connectivity index (χ4v) is 6.00. The van der Waals surface area contributed by atoms with Gasteiger partial charge in [-0.3, -0.25) is 9.36 Å². The van der Waals surface area contributed by atoms with Gasteiger partial charge in [0, 0.05) is 5.02 Å². The lowest BCUT2D eigenvalue weighted by atomic mass is 9.95. The Bertz CT molecular complexity index is 1660. The standard InChI is InChI=1S/C27H23ClF3IN2O5S/c1-5-38-25(36)20-21(15-6-8-16(28)9-7-15)34-24(35)19(40-26(34)33-23(20)27(29,30)31)12-14-10-17(32)22(39-13(2)3)18(11-14)37-4/h6-13,21H,5H2,1-4H3/b19-12-/t21-/m0/s1. The SMILES string of the molecule is CCOC(=O)C1=C(C(F)(F)F)N=c2s/c(=C\c3cc(I)c(OC(C)C)c(OC)c3)c(=O)n2[C@H]1c1ccc(Cl)cc1. The summed E-state index contributed by atoms with van der Waals surface area (Å²) in [7, 11) is 1.48. The number of thiazole rings is 1. The molecule has 1 aliphatic rings. The van der Waals surface area contributed by atoms with E-state index in [1.807, 2.05) is 13.8 Å². The van der Waals surface area contributed by atoms with Crippen LogP contribution < -0.4 is 24.4 Å². The van der Waals surface area contributed by atoms with Crippen molar-refractivity contribution in [3.05, 3.63) is 87.1 Å². The second kappa shape index (κ2) is 12.0. The van der Waals surface area contributed by atoms with E-state index < -0.39 is 35.0 Å². The minimum Gasteiger partial charge on any atom is -0.493 e. The zero-order valence-electron chi connectivity index (χ0n) is 21.6. The highest BCUT2D eigenvalue weighted by Gasteiger charge is 2.45. The first kappa shape index (κ1) is 30.1. The van der Waals surface area contributed by atoms with E-state index in [9.17, 15) is 22.8 Å². The van der Waals surface area contributed by atoms with Crippen molar-refractivity contribution in [1.29, 1.82) is 0 Å². The molecule has 0 N–H and O–H groups in total. The summed E-state index contributed by atoms with van der Waals surface area (Å²) in [6, 6.07) is 7.85. The lowest BCUT2D eigenvalue weighted by Gasteiger charge is -2.26. The molecular weight excluding hydrogens is 684 g/mol. The van der Waals surface area contributed by atoms with Crippen molar-refractivity contribution in [3.63, 3.8) is 0 Å². The lowest BCUT2D eigenvalue weighted by Crippen LogP contribution is -2.41. The van der Waals surface area contributed by atoms with Crippen LogP contribution >= 0.6 is 45.5 Å². The van der Waals surface area contributed by atoms with Crippen molar-refractivity contribution in [2.24, 2.45) is 4.99 Å². The van der Waals surface area contributed by atoms with Crippen LogP contribution in [0.15, 0.2) is 57.5 Å². The molecule has 0 saturated heterocycles. The van der Waals surface area contributed by atoms with E-state index in [-0.39, 0.29) is 27.6 Å². The largest absolute Gasteiger partial charge is 0.493 e. The highest BCUT2D eigenvalue weighted by molar-refractivity contribution is 14.1. The van der Waals surface area contributed by atoms with Gasteiger partial charge in [-0.15, -0.1) is 0 Å². The van der Waals surface area contributed by atoms with E-state index in [4.69, 9.17) is 25.8 Å². The summed E-state index contributed by atoms with van der Waals surface area (Å²) in [5, 5.41) is 0.335. The summed E-state index contributed by atoms with van der Waals surface area (Å²) in [5.74, 6) is -0.246. The van der Waals surface area contributed by atoms with Crippen molar-refractivity contribution in [2.45, 2.75) is 39.1 Å². The molecule has 0 fully saturated rings. The molecule has 0 saturated carbocycles. The van der Waals surface area contributed by atoms with Gasteiger partial charge in [-0.25, -0.2) is 9.79 Å². The molecule has 0 bridgehead atoms. The molecule has 4 rings (SSSR count). The van der Waals surface area contributed by atoms with Crippen molar-refractivity contribution < 1.29 is 32.2 Å². The second-order valence-corrected chi connectivity index (χ2v) is 11.4. The number of fused-ring (bicyclic) bond motifs is 1. The number of halogens is 5. The van der Waals surface area contributed by atoms with E-state index >= 15 is 0 Å². The summed E-state index contributed by atoms with van der Waals surface area (Å²) < 4.78 is 61.0. The monoisotopic (exact) mass is 706 g/mol. The molecule has 2 heterocycles. The number of hydrogen-bond donors (Lipinski definition) is 0. The third-order valence-electron chi connectivity index (χ3n) is 5.68. The van der Waals surface area contributed by atoms with Crippen LogP contribution in [0, 0.1) is 3.57 Å². The minimum absolute atomic E-state index is 0.110. The first-order valence-corrected chi connectivity index (χ1v) is 14.2. The van der Waals surface area contributed by atoms with Gasteiger partial charge in [0.05, 0.1) is 39.5 Å². The molecule has 212 valence electrons. The van der Waals surface area contributed by atoms with E-state index in [1.165, 1.54) is 44.4 Å². The van der Waals surface area contributed by atoms with Gasteiger partial charge in [0.2, 0.25) is 0 Å². The number of methoxy groups -OCH3 is 1. The summed E-state index contributed by atoms with van der Waals surface area (Å²) in [6.45, 7) is 5.07. The van der Waals surface area contributed by atoms with Gasteiger partial charge < -0.3 is 14.2 Å². The van der Waals surface area contributed by atoms with Crippen molar-refractivity contribution in [3.8, 4) is 11.5 Å².